The third-order valence-corrected chi connectivity index (χ3v) is 6.44. The van der Waals surface area contributed by atoms with E-state index < -0.39 is 6.09 Å². The Bertz CT molecular complexity index is 732. The molecule has 0 atom stereocenters. The highest BCUT2D eigenvalue weighted by molar-refractivity contribution is 9.10. The van der Waals surface area contributed by atoms with Gasteiger partial charge in [-0.05, 0) is 39.9 Å². The number of halogens is 2. The van der Waals surface area contributed by atoms with E-state index in [0.29, 0.717) is 10.7 Å². The van der Waals surface area contributed by atoms with Crippen LogP contribution in [0.5, 0.6) is 0 Å². The number of benzene rings is 1. The Morgan fingerprint density at radius 3 is 2.75 bits per heavy atom. The summed E-state index contributed by atoms with van der Waals surface area (Å²) in [6.45, 7) is 2.13. The molecule has 0 bridgehead atoms. The molecule has 0 radical (unpaired) electrons. The molecule has 0 aliphatic rings. The number of nitrogens with one attached hydrogen (secondary N) is 1. The zero-order valence-electron chi connectivity index (χ0n) is 13.1. The van der Waals surface area contributed by atoms with Gasteiger partial charge in [-0.15, -0.1) is 11.3 Å². The second-order valence-corrected chi connectivity index (χ2v) is 8.29. The van der Waals surface area contributed by atoms with Crippen LogP contribution in [0.1, 0.15) is 22.2 Å². The first-order valence-corrected chi connectivity index (χ1v) is 10.2. The SMILES string of the molecule is CCSCc1sc(C(=NNC(=O)OC)c2ccc(Cl)cc2)cc1Br. The van der Waals surface area contributed by atoms with Crippen LogP contribution >= 0.6 is 50.6 Å². The normalized spacial score (nSPS) is 11.4. The Kier molecular flexibility index (Phi) is 7.61. The average molecular weight is 448 g/mol. The van der Waals surface area contributed by atoms with Crippen LogP contribution in [0.4, 0.5) is 4.79 Å². The monoisotopic (exact) mass is 446 g/mol. The first-order chi connectivity index (χ1) is 11.5. The van der Waals surface area contributed by atoms with E-state index >= 15 is 0 Å². The number of methoxy groups -OCH3 is 1. The Hall–Kier alpha value is -1.02. The van der Waals surface area contributed by atoms with Crippen molar-refractivity contribution in [1.29, 1.82) is 0 Å². The van der Waals surface area contributed by atoms with Crippen LogP contribution in [0.2, 0.25) is 5.02 Å². The van der Waals surface area contributed by atoms with Crippen LogP contribution in [-0.4, -0.2) is 24.7 Å². The molecule has 8 heteroatoms. The number of hydrogen-bond acceptors (Lipinski definition) is 5. The lowest BCUT2D eigenvalue weighted by Gasteiger charge is -2.05. The molecule has 1 aromatic heterocycles. The van der Waals surface area contributed by atoms with Crippen LogP contribution in [0.3, 0.4) is 0 Å². The minimum Gasteiger partial charge on any atom is -0.452 e. The Morgan fingerprint density at radius 2 is 2.12 bits per heavy atom. The minimum atomic E-state index is -0.612. The quantitative estimate of drug-likeness (QED) is 0.468. The van der Waals surface area contributed by atoms with Crippen molar-refractivity contribution in [2.75, 3.05) is 12.9 Å². The summed E-state index contributed by atoms with van der Waals surface area (Å²) in [6, 6.07) is 9.34. The molecule has 0 spiro atoms. The highest BCUT2D eigenvalue weighted by atomic mass is 79.9. The van der Waals surface area contributed by atoms with Crippen molar-refractivity contribution in [3.05, 3.63) is 55.1 Å². The number of ether oxygens (including phenoxy) is 1. The topological polar surface area (TPSA) is 50.7 Å². The van der Waals surface area contributed by atoms with Crippen LogP contribution in [0.25, 0.3) is 0 Å². The molecule has 0 unspecified atom stereocenters. The summed E-state index contributed by atoms with van der Waals surface area (Å²) in [5, 5.41) is 4.88. The largest absolute Gasteiger partial charge is 0.452 e. The Labute approximate surface area is 162 Å². The minimum absolute atomic E-state index is 0.612. The van der Waals surface area contributed by atoms with Gasteiger partial charge in [-0.1, -0.05) is 30.7 Å². The molecule has 24 heavy (non-hydrogen) atoms. The van der Waals surface area contributed by atoms with E-state index in [4.69, 9.17) is 11.6 Å². The van der Waals surface area contributed by atoms with Gasteiger partial charge in [0.2, 0.25) is 0 Å². The second-order valence-electron chi connectivity index (χ2n) is 4.59. The van der Waals surface area contributed by atoms with Crippen molar-refractivity contribution in [3.8, 4) is 0 Å². The van der Waals surface area contributed by atoms with Gasteiger partial charge in [-0.25, -0.2) is 10.2 Å². The summed E-state index contributed by atoms with van der Waals surface area (Å²) in [5.41, 5.74) is 3.92. The van der Waals surface area contributed by atoms with E-state index in [-0.39, 0.29) is 0 Å². The van der Waals surface area contributed by atoms with Crippen molar-refractivity contribution in [2.45, 2.75) is 12.7 Å². The standard InChI is InChI=1S/C16H16BrClN2O2S2/c1-3-23-9-14-12(17)8-13(24-14)15(19-20-16(21)22-2)10-4-6-11(18)7-5-10/h4-8H,3,9H2,1-2H3,(H,20,21). The van der Waals surface area contributed by atoms with E-state index in [1.165, 1.54) is 12.0 Å². The van der Waals surface area contributed by atoms with Crippen LogP contribution in [0.15, 0.2) is 39.9 Å². The summed E-state index contributed by atoms with van der Waals surface area (Å²) in [6.07, 6.45) is -0.612. The molecule has 0 aliphatic heterocycles. The smallest absolute Gasteiger partial charge is 0.427 e. The van der Waals surface area contributed by atoms with Crippen molar-refractivity contribution in [3.63, 3.8) is 0 Å². The lowest BCUT2D eigenvalue weighted by Crippen LogP contribution is -2.19. The average Bonchev–Trinajstić information content (AvgIpc) is 2.95. The summed E-state index contributed by atoms with van der Waals surface area (Å²) >= 11 is 13.1. The number of nitrogens with zero attached hydrogens (tertiary/aromatic N) is 1. The van der Waals surface area contributed by atoms with Gasteiger partial charge in [0, 0.05) is 25.7 Å². The molecule has 1 aromatic carbocycles. The summed E-state index contributed by atoms with van der Waals surface area (Å²) in [7, 11) is 1.30. The van der Waals surface area contributed by atoms with E-state index in [1.807, 2.05) is 30.0 Å². The van der Waals surface area contributed by atoms with Gasteiger partial charge < -0.3 is 4.74 Å². The maximum Gasteiger partial charge on any atom is 0.427 e. The summed E-state index contributed by atoms with van der Waals surface area (Å²) in [4.78, 5) is 13.6. The molecule has 1 N–H and O–H groups in total. The van der Waals surface area contributed by atoms with E-state index in [0.717, 1.165) is 26.4 Å². The second kappa shape index (κ2) is 9.46. The number of thioether (sulfide) groups is 1. The first kappa shape index (κ1) is 19.3. The van der Waals surface area contributed by atoms with Gasteiger partial charge in [0.25, 0.3) is 0 Å². The molecule has 128 valence electrons. The molecule has 4 nitrogen and oxygen atoms in total. The van der Waals surface area contributed by atoms with Crippen molar-refractivity contribution in [1.82, 2.24) is 5.43 Å². The number of amides is 1. The highest BCUT2D eigenvalue weighted by Gasteiger charge is 2.15. The molecule has 0 aliphatic carbocycles. The first-order valence-electron chi connectivity index (χ1n) is 7.09. The zero-order chi connectivity index (χ0) is 17.5. The van der Waals surface area contributed by atoms with Crippen molar-refractivity contribution >= 4 is 62.4 Å². The van der Waals surface area contributed by atoms with Gasteiger partial charge >= 0.3 is 6.09 Å². The fourth-order valence-electron chi connectivity index (χ4n) is 1.83. The van der Waals surface area contributed by atoms with Gasteiger partial charge in [0.05, 0.1) is 12.0 Å². The van der Waals surface area contributed by atoms with Crippen molar-refractivity contribution in [2.24, 2.45) is 5.10 Å². The Balaban J connectivity index is 2.38. The predicted octanol–water partition coefficient (Wildman–Crippen LogP) is 5.53. The number of hydrogen-bond donors (Lipinski definition) is 1. The molecule has 0 saturated heterocycles. The molecule has 2 rings (SSSR count). The molecular weight excluding hydrogens is 432 g/mol. The van der Waals surface area contributed by atoms with Crippen LogP contribution in [0, 0.1) is 0 Å². The molecule has 1 heterocycles. The fraction of sp³-hybridized carbons (Fsp3) is 0.250. The third kappa shape index (κ3) is 5.24. The van der Waals surface area contributed by atoms with E-state index in [1.54, 1.807) is 23.5 Å². The molecule has 0 saturated carbocycles. The van der Waals surface area contributed by atoms with Crippen LogP contribution in [-0.2, 0) is 10.5 Å². The Morgan fingerprint density at radius 1 is 1.42 bits per heavy atom. The van der Waals surface area contributed by atoms with Gasteiger partial charge in [0.1, 0.15) is 5.71 Å². The van der Waals surface area contributed by atoms with Gasteiger partial charge in [-0.2, -0.15) is 16.9 Å². The summed E-state index contributed by atoms with van der Waals surface area (Å²) < 4.78 is 5.63. The fourth-order valence-corrected chi connectivity index (χ4v) is 4.80. The predicted molar refractivity (Wildman–Crippen MR) is 106 cm³/mol. The third-order valence-electron chi connectivity index (χ3n) is 2.99. The van der Waals surface area contributed by atoms with E-state index in [2.05, 4.69) is 38.1 Å². The maximum absolute atomic E-state index is 11.4. The summed E-state index contributed by atoms with van der Waals surface area (Å²) in [5.74, 6) is 1.99. The highest BCUT2D eigenvalue weighted by Crippen LogP contribution is 2.32. The number of carbonyl (C=O) groups excluding carboxylic acids is 1. The number of hydrazone groups is 1. The lowest BCUT2D eigenvalue weighted by atomic mass is 10.1. The molecule has 0 fully saturated rings. The van der Waals surface area contributed by atoms with Gasteiger partial charge in [-0.3, -0.25) is 0 Å². The van der Waals surface area contributed by atoms with Crippen LogP contribution < -0.4 is 5.43 Å². The van der Waals surface area contributed by atoms with Crippen molar-refractivity contribution < 1.29 is 9.53 Å². The number of rotatable bonds is 6. The maximum atomic E-state index is 11.4. The number of carbonyl (C=O) groups is 1. The molecule has 2 aromatic rings. The number of thiophene rings is 1. The van der Waals surface area contributed by atoms with Gasteiger partial charge in [0.15, 0.2) is 0 Å². The zero-order valence-corrected chi connectivity index (χ0v) is 17.1. The van der Waals surface area contributed by atoms with E-state index in [9.17, 15) is 4.79 Å². The molecule has 1 amide bonds. The molecular formula is C16H16BrClN2O2S2. The lowest BCUT2D eigenvalue weighted by molar-refractivity contribution is 0.171.